The Labute approximate surface area is 175 Å². The van der Waals surface area contributed by atoms with E-state index in [-0.39, 0.29) is 42.2 Å². The van der Waals surface area contributed by atoms with Crippen LogP contribution in [0.3, 0.4) is 0 Å². The molecule has 1 aliphatic heterocycles. The Morgan fingerprint density at radius 2 is 2.08 bits per heavy atom. The molecule has 3 rings (SSSR count). The lowest BCUT2D eigenvalue weighted by Crippen LogP contribution is -2.35. The maximum Gasteiger partial charge on any atom is 0.237 e. The number of sulfonamides is 1. The van der Waals surface area contributed by atoms with Crippen molar-refractivity contribution in [3.8, 4) is 0 Å². The number of nitrogens with zero attached hydrogens (tertiary/aromatic N) is 2. The third-order valence-corrected chi connectivity index (χ3v) is 6.75. The van der Waals surface area contributed by atoms with Gasteiger partial charge in [0.2, 0.25) is 10.0 Å². The van der Waals surface area contributed by atoms with Crippen LogP contribution in [0.5, 0.6) is 0 Å². The Hall–Kier alpha value is -1.33. The maximum absolute atomic E-state index is 12.5. The Morgan fingerprint density at radius 1 is 1.27 bits per heavy atom. The summed E-state index contributed by atoms with van der Waals surface area (Å²) in [7, 11) is -3.38. The summed E-state index contributed by atoms with van der Waals surface area (Å²) in [5.74, 6) is 0.239. The highest BCUT2D eigenvalue weighted by Gasteiger charge is 2.28. The monoisotopic (exact) mass is 506 g/mol. The Balaban J connectivity index is 0.00000243. The predicted octanol–water partition coefficient (Wildman–Crippen LogP) is 2.21. The van der Waals surface area contributed by atoms with E-state index in [9.17, 15) is 8.42 Å². The van der Waals surface area contributed by atoms with Crippen molar-refractivity contribution in [2.24, 2.45) is 10.7 Å². The van der Waals surface area contributed by atoms with E-state index in [0.29, 0.717) is 13.1 Å². The largest absolute Gasteiger partial charge is 0.370 e. The first-order chi connectivity index (χ1) is 12.1. The van der Waals surface area contributed by atoms with E-state index in [1.807, 2.05) is 35.7 Å². The number of aliphatic imine (C=N–C) groups is 1. The van der Waals surface area contributed by atoms with Crippen molar-refractivity contribution in [1.82, 2.24) is 5.32 Å². The maximum atomic E-state index is 12.5. The first-order valence-corrected chi connectivity index (χ1v) is 10.7. The number of nitrogens with one attached hydrogen (secondary N) is 1. The number of benzene rings is 1. The van der Waals surface area contributed by atoms with Crippen molar-refractivity contribution in [3.05, 3.63) is 52.2 Å². The fraction of sp³-hybridized carbons (Fsp3) is 0.353. The van der Waals surface area contributed by atoms with Crippen molar-refractivity contribution >= 4 is 57.0 Å². The molecule has 0 radical (unpaired) electrons. The molecule has 26 heavy (non-hydrogen) atoms. The van der Waals surface area contributed by atoms with Crippen LogP contribution in [0, 0.1) is 0 Å². The molecule has 0 amide bonds. The standard InChI is InChI=1S/C17H22N4O2S2.HI/c18-17(19-9-7-15-5-3-12-24-15)20-10-13-25(22,23)21-11-8-14-4-1-2-6-16(14)21;/h1-6,12H,7-11,13H2,(H3,18,19,20);1H. The average molecular weight is 506 g/mol. The smallest absolute Gasteiger partial charge is 0.237 e. The van der Waals surface area contributed by atoms with Gasteiger partial charge in [-0.15, -0.1) is 35.3 Å². The molecule has 2 heterocycles. The van der Waals surface area contributed by atoms with Crippen molar-refractivity contribution in [3.63, 3.8) is 0 Å². The minimum absolute atomic E-state index is 0. The number of anilines is 1. The topological polar surface area (TPSA) is 87.8 Å². The minimum Gasteiger partial charge on any atom is -0.370 e. The quantitative estimate of drug-likeness (QED) is 0.343. The summed E-state index contributed by atoms with van der Waals surface area (Å²) < 4.78 is 26.6. The van der Waals surface area contributed by atoms with Crippen LogP contribution in [0.2, 0.25) is 0 Å². The molecule has 142 valence electrons. The lowest BCUT2D eigenvalue weighted by atomic mass is 10.2. The molecular formula is C17H23IN4O2S2. The fourth-order valence-electron chi connectivity index (χ4n) is 2.81. The van der Waals surface area contributed by atoms with Gasteiger partial charge in [-0.05, 0) is 35.9 Å². The first kappa shape index (κ1) is 21.0. The zero-order valence-electron chi connectivity index (χ0n) is 14.3. The summed E-state index contributed by atoms with van der Waals surface area (Å²) >= 11 is 1.70. The highest BCUT2D eigenvalue weighted by atomic mass is 127. The molecule has 0 bridgehead atoms. The summed E-state index contributed by atoms with van der Waals surface area (Å²) in [6.45, 7) is 1.33. The van der Waals surface area contributed by atoms with E-state index >= 15 is 0 Å². The van der Waals surface area contributed by atoms with Gasteiger partial charge in [0.1, 0.15) is 0 Å². The lowest BCUT2D eigenvalue weighted by molar-refractivity contribution is 0.592. The molecular weight excluding hydrogens is 483 g/mol. The minimum atomic E-state index is -3.38. The van der Waals surface area contributed by atoms with Gasteiger partial charge in [0.15, 0.2) is 5.96 Å². The fourth-order valence-corrected chi connectivity index (χ4v) is 4.91. The number of hydrogen-bond donors (Lipinski definition) is 2. The lowest BCUT2D eigenvalue weighted by Gasteiger charge is -2.18. The van der Waals surface area contributed by atoms with Gasteiger partial charge < -0.3 is 11.1 Å². The summed E-state index contributed by atoms with van der Waals surface area (Å²) in [5.41, 5.74) is 7.67. The molecule has 3 N–H and O–H groups in total. The zero-order chi connectivity index (χ0) is 17.7. The van der Waals surface area contributed by atoms with Crippen LogP contribution in [0.15, 0.2) is 46.8 Å². The number of fused-ring (bicyclic) bond motifs is 1. The van der Waals surface area contributed by atoms with Crippen LogP contribution in [0.4, 0.5) is 5.69 Å². The molecule has 0 aliphatic carbocycles. The number of hydrogen-bond acceptors (Lipinski definition) is 4. The first-order valence-electron chi connectivity index (χ1n) is 8.21. The van der Waals surface area contributed by atoms with Gasteiger partial charge in [-0.3, -0.25) is 9.30 Å². The molecule has 9 heteroatoms. The van der Waals surface area contributed by atoms with Crippen LogP contribution in [0.1, 0.15) is 10.4 Å². The van der Waals surface area contributed by atoms with E-state index in [1.54, 1.807) is 11.3 Å². The normalized spacial score (nSPS) is 14.0. The molecule has 0 unspecified atom stereocenters. The molecule has 2 aromatic rings. The highest BCUT2D eigenvalue weighted by Crippen LogP contribution is 2.29. The van der Waals surface area contributed by atoms with Crippen LogP contribution in [-0.4, -0.2) is 39.8 Å². The van der Waals surface area contributed by atoms with Crippen molar-refractivity contribution in [2.75, 3.05) is 29.7 Å². The second-order valence-corrected chi connectivity index (χ2v) is 8.84. The molecule has 0 saturated carbocycles. The third-order valence-electron chi connectivity index (χ3n) is 4.07. The van der Waals surface area contributed by atoms with Crippen LogP contribution in [-0.2, 0) is 22.9 Å². The molecule has 0 fully saturated rings. The number of thiophene rings is 1. The van der Waals surface area contributed by atoms with Gasteiger partial charge in [0.25, 0.3) is 0 Å². The van der Waals surface area contributed by atoms with Crippen LogP contribution in [0.25, 0.3) is 0 Å². The SMILES string of the molecule is I.NC(=NCCS(=O)(=O)N1CCc2ccccc21)NCCc1cccs1. The molecule has 6 nitrogen and oxygen atoms in total. The molecule has 1 aromatic heterocycles. The van der Waals surface area contributed by atoms with Gasteiger partial charge in [0.05, 0.1) is 18.0 Å². The number of nitrogens with two attached hydrogens (primary N) is 1. The molecule has 0 saturated heterocycles. The average Bonchev–Trinajstić information content (AvgIpc) is 3.24. The van der Waals surface area contributed by atoms with E-state index in [1.165, 1.54) is 9.18 Å². The second-order valence-electron chi connectivity index (χ2n) is 5.79. The van der Waals surface area contributed by atoms with Gasteiger partial charge >= 0.3 is 0 Å². The van der Waals surface area contributed by atoms with Crippen molar-refractivity contribution < 1.29 is 8.42 Å². The van der Waals surface area contributed by atoms with Gasteiger partial charge in [-0.25, -0.2) is 8.42 Å². The van der Waals surface area contributed by atoms with Crippen molar-refractivity contribution in [2.45, 2.75) is 12.8 Å². The van der Waals surface area contributed by atoms with E-state index in [0.717, 1.165) is 24.1 Å². The summed E-state index contributed by atoms with van der Waals surface area (Å²) in [6.07, 6.45) is 1.63. The Bertz CT molecular complexity index is 838. The Kier molecular flexibility index (Phi) is 7.71. The summed E-state index contributed by atoms with van der Waals surface area (Å²) in [5, 5.41) is 5.05. The van der Waals surface area contributed by atoms with Gasteiger partial charge in [-0.2, -0.15) is 0 Å². The van der Waals surface area contributed by atoms with Gasteiger partial charge in [0, 0.05) is 18.0 Å². The number of halogens is 1. The second kappa shape index (κ2) is 9.56. The molecule has 1 aliphatic rings. The molecule has 0 atom stereocenters. The summed E-state index contributed by atoms with van der Waals surface area (Å²) in [4.78, 5) is 5.41. The van der Waals surface area contributed by atoms with E-state index in [4.69, 9.17) is 5.73 Å². The predicted molar refractivity (Wildman–Crippen MR) is 119 cm³/mol. The zero-order valence-corrected chi connectivity index (χ0v) is 18.3. The van der Waals surface area contributed by atoms with Gasteiger partial charge in [-0.1, -0.05) is 24.3 Å². The molecule has 1 aromatic carbocycles. The molecule has 0 spiro atoms. The van der Waals surface area contributed by atoms with E-state index in [2.05, 4.69) is 16.4 Å². The van der Waals surface area contributed by atoms with E-state index < -0.39 is 10.0 Å². The highest BCUT2D eigenvalue weighted by molar-refractivity contribution is 14.0. The number of guanidine groups is 1. The number of para-hydroxylation sites is 1. The van der Waals surface area contributed by atoms with Crippen LogP contribution < -0.4 is 15.4 Å². The Morgan fingerprint density at radius 3 is 2.85 bits per heavy atom. The third kappa shape index (κ3) is 5.34. The van der Waals surface area contributed by atoms with Crippen molar-refractivity contribution in [1.29, 1.82) is 0 Å². The van der Waals surface area contributed by atoms with Crippen LogP contribution >= 0.6 is 35.3 Å². The summed E-state index contributed by atoms with van der Waals surface area (Å²) in [6, 6.07) is 11.7. The number of rotatable bonds is 7.